The van der Waals surface area contributed by atoms with Crippen LogP contribution in [0.1, 0.15) is 19.2 Å². The Balaban J connectivity index is 2.07. The molecule has 0 aliphatic heterocycles. The van der Waals surface area contributed by atoms with Gasteiger partial charge in [-0.15, -0.1) is 0 Å². The van der Waals surface area contributed by atoms with Gasteiger partial charge >= 0.3 is 0 Å². The van der Waals surface area contributed by atoms with Crippen LogP contribution in [-0.2, 0) is 6.54 Å². The number of H-pyrrole nitrogens is 1. The number of aromatic amines is 1. The normalized spacial score (nSPS) is 11.8. The van der Waals surface area contributed by atoms with Crippen molar-refractivity contribution < 1.29 is 0 Å². The Morgan fingerprint density at radius 1 is 1.20 bits per heavy atom. The van der Waals surface area contributed by atoms with Crippen LogP contribution < -0.4 is 5.73 Å². The van der Waals surface area contributed by atoms with E-state index in [9.17, 15) is 0 Å². The van der Waals surface area contributed by atoms with Crippen molar-refractivity contribution in [3.8, 4) is 0 Å². The first-order chi connectivity index (χ1) is 9.58. The smallest absolute Gasteiger partial charge is 0.121 e. The van der Waals surface area contributed by atoms with Crippen LogP contribution in [0, 0.1) is 0 Å². The second kappa shape index (κ2) is 6.72. The number of nitrogen functional groups attached to an aromatic ring is 1. The molecule has 0 unspecified atom stereocenters. The summed E-state index contributed by atoms with van der Waals surface area (Å²) in [6, 6.07) is 5.80. The number of nitrogens with one attached hydrogen (secondary N) is 1. The number of nitrogens with zero attached hydrogens (tertiary/aromatic N) is 3. The number of anilines is 1. The van der Waals surface area contributed by atoms with Crippen LogP contribution in [-0.4, -0.2) is 53.5 Å². The lowest BCUT2D eigenvalue weighted by Gasteiger charge is -2.22. The fourth-order valence-electron chi connectivity index (χ4n) is 2.29. The summed E-state index contributed by atoms with van der Waals surface area (Å²) >= 11 is 0. The minimum Gasteiger partial charge on any atom is -0.399 e. The molecule has 110 valence electrons. The lowest BCUT2D eigenvalue weighted by molar-refractivity contribution is 0.230. The van der Waals surface area contributed by atoms with Crippen molar-refractivity contribution in [1.29, 1.82) is 0 Å². The molecule has 0 aliphatic carbocycles. The summed E-state index contributed by atoms with van der Waals surface area (Å²) in [5.41, 5.74) is 8.57. The van der Waals surface area contributed by atoms with Crippen molar-refractivity contribution in [1.82, 2.24) is 19.8 Å². The Kier molecular flexibility index (Phi) is 4.98. The van der Waals surface area contributed by atoms with Crippen LogP contribution >= 0.6 is 0 Å². The molecule has 3 N–H and O–H groups in total. The number of fused-ring (bicyclic) bond motifs is 1. The number of nitrogens with two attached hydrogens (primary N) is 1. The van der Waals surface area contributed by atoms with Crippen molar-refractivity contribution in [3.05, 3.63) is 24.0 Å². The monoisotopic (exact) mass is 275 g/mol. The molecule has 0 bridgehead atoms. The Morgan fingerprint density at radius 2 is 2.00 bits per heavy atom. The molecular weight excluding hydrogens is 250 g/mol. The van der Waals surface area contributed by atoms with E-state index >= 15 is 0 Å². The Labute approximate surface area is 120 Å². The van der Waals surface area contributed by atoms with Crippen molar-refractivity contribution >= 4 is 16.7 Å². The average Bonchev–Trinajstić information content (AvgIpc) is 2.77. The summed E-state index contributed by atoms with van der Waals surface area (Å²) in [5.74, 6) is 1.01. The highest BCUT2D eigenvalue weighted by molar-refractivity contribution is 5.78. The zero-order valence-electron chi connectivity index (χ0n) is 12.7. The van der Waals surface area contributed by atoms with Crippen molar-refractivity contribution in [2.75, 3.05) is 39.5 Å². The molecule has 0 spiro atoms. The second-order valence-electron chi connectivity index (χ2n) is 5.54. The number of benzene rings is 1. The van der Waals surface area contributed by atoms with Crippen molar-refractivity contribution in [2.24, 2.45) is 0 Å². The highest BCUT2D eigenvalue weighted by Crippen LogP contribution is 2.15. The fraction of sp³-hybridized carbons (Fsp3) is 0.533. The number of imidazole rings is 1. The first kappa shape index (κ1) is 14.8. The highest BCUT2D eigenvalue weighted by Gasteiger charge is 2.09. The summed E-state index contributed by atoms with van der Waals surface area (Å²) in [7, 11) is 4.21. The van der Waals surface area contributed by atoms with Crippen LogP contribution in [0.15, 0.2) is 18.2 Å². The van der Waals surface area contributed by atoms with Crippen molar-refractivity contribution in [3.63, 3.8) is 0 Å². The van der Waals surface area contributed by atoms with Crippen LogP contribution in [0.3, 0.4) is 0 Å². The summed E-state index contributed by atoms with van der Waals surface area (Å²) in [6.07, 6.45) is 1.15. The van der Waals surface area contributed by atoms with Gasteiger partial charge < -0.3 is 15.6 Å². The van der Waals surface area contributed by atoms with Gasteiger partial charge in [-0.1, -0.05) is 6.92 Å². The molecular formula is C15H25N5. The number of hydrogen-bond acceptors (Lipinski definition) is 4. The second-order valence-corrected chi connectivity index (χ2v) is 5.54. The Hall–Kier alpha value is -1.59. The zero-order chi connectivity index (χ0) is 14.5. The minimum atomic E-state index is 0.769. The third kappa shape index (κ3) is 3.95. The molecule has 0 fully saturated rings. The van der Waals surface area contributed by atoms with Gasteiger partial charge in [0, 0.05) is 18.8 Å². The molecule has 0 radical (unpaired) electrons. The maximum absolute atomic E-state index is 5.80. The van der Waals surface area contributed by atoms with Crippen LogP contribution in [0.25, 0.3) is 11.0 Å². The molecule has 1 heterocycles. The average molecular weight is 275 g/mol. The van der Waals surface area contributed by atoms with Crippen LogP contribution in [0.2, 0.25) is 0 Å². The fourth-order valence-corrected chi connectivity index (χ4v) is 2.29. The summed E-state index contributed by atoms with van der Waals surface area (Å²) < 4.78 is 0. The predicted molar refractivity (Wildman–Crippen MR) is 84.6 cm³/mol. The van der Waals surface area contributed by atoms with E-state index in [0.717, 1.165) is 55.1 Å². The van der Waals surface area contributed by atoms with Gasteiger partial charge in [-0.05, 0) is 45.3 Å². The minimum absolute atomic E-state index is 0.769. The van der Waals surface area contributed by atoms with Gasteiger partial charge in [0.1, 0.15) is 5.82 Å². The number of hydrogen-bond donors (Lipinski definition) is 2. The Bertz CT molecular complexity index is 546. The van der Waals surface area contributed by atoms with Gasteiger partial charge in [0.15, 0.2) is 0 Å². The molecule has 20 heavy (non-hydrogen) atoms. The summed E-state index contributed by atoms with van der Waals surface area (Å²) in [6.45, 7) is 6.28. The van der Waals surface area contributed by atoms with E-state index in [1.54, 1.807) is 0 Å². The third-order valence-corrected chi connectivity index (χ3v) is 3.33. The topological polar surface area (TPSA) is 61.2 Å². The Morgan fingerprint density at radius 3 is 2.70 bits per heavy atom. The quantitative estimate of drug-likeness (QED) is 0.758. The van der Waals surface area contributed by atoms with E-state index in [-0.39, 0.29) is 0 Å². The van der Waals surface area contributed by atoms with E-state index in [1.165, 1.54) is 0 Å². The van der Waals surface area contributed by atoms with Gasteiger partial charge in [0.05, 0.1) is 17.6 Å². The number of rotatable bonds is 7. The highest BCUT2D eigenvalue weighted by atomic mass is 15.2. The van der Waals surface area contributed by atoms with E-state index < -0.39 is 0 Å². The summed E-state index contributed by atoms with van der Waals surface area (Å²) in [4.78, 5) is 12.6. The lowest BCUT2D eigenvalue weighted by Crippen LogP contribution is -2.32. The zero-order valence-corrected chi connectivity index (χ0v) is 12.7. The van der Waals surface area contributed by atoms with Gasteiger partial charge in [0.25, 0.3) is 0 Å². The number of likely N-dealkylation sites (N-methyl/N-ethyl adjacent to an activating group) is 1. The maximum Gasteiger partial charge on any atom is 0.121 e. The number of aromatic nitrogens is 2. The van der Waals surface area contributed by atoms with E-state index in [4.69, 9.17) is 5.73 Å². The first-order valence-electron chi connectivity index (χ1n) is 7.19. The van der Waals surface area contributed by atoms with Gasteiger partial charge in [-0.25, -0.2) is 4.98 Å². The SMILES string of the molecule is CCCN(CCN(C)C)Cc1nc2ccc(N)cc2[nH]1. The molecule has 0 saturated heterocycles. The lowest BCUT2D eigenvalue weighted by atomic mass is 10.3. The molecule has 5 nitrogen and oxygen atoms in total. The van der Waals surface area contributed by atoms with E-state index in [2.05, 4.69) is 40.8 Å². The predicted octanol–water partition coefficient (Wildman–Crippen LogP) is 1.92. The maximum atomic E-state index is 5.80. The first-order valence-corrected chi connectivity index (χ1v) is 7.19. The summed E-state index contributed by atoms with van der Waals surface area (Å²) in [5, 5.41) is 0. The molecule has 0 atom stereocenters. The molecule has 0 saturated carbocycles. The molecule has 1 aromatic carbocycles. The largest absolute Gasteiger partial charge is 0.399 e. The molecule has 2 aromatic rings. The molecule has 2 rings (SSSR count). The van der Waals surface area contributed by atoms with Gasteiger partial charge in [-0.3, -0.25) is 4.90 Å². The van der Waals surface area contributed by atoms with Gasteiger partial charge in [0.2, 0.25) is 0 Å². The molecule has 0 amide bonds. The van der Waals surface area contributed by atoms with Crippen LogP contribution in [0.5, 0.6) is 0 Å². The van der Waals surface area contributed by atoms with Crippen molar-refractivity contribution in [2.45, 2.75) is 19.9 Å². The molecule has 5 heteroatoms. The van der Waals surface area contributed by atoms with E-state index in [0.29, 0.717) is 0 Å². The van der Waals surface area contributed by atoms with Crippen LogP contribution in [0.4, 0.5) is 5.69 Å². The molecule has 1 aromatic heterocycles. The van der Waals surface area contributed by atoms with Gasteiger partial charge in [-0.2, -0.15) is 0 Å². The molecule has 0 aliphatic rings. The van der Waals surface area contributed by atoms with E-state index in [1.807, 2.05) is 18.2 Å². The standard InChI is InChI=1S/C15H25N5/c1-4-7-20(9-8-19(2)3)11-15-17-13-6-5-12(16)10-14(13)18-15/h5-6,10H,4,7-9,11,16H2,1-3H3,(H,17,18). The third-order valence-electron chi connectivity index (χ3n) is 3.33.